The standard InChI is InChI=1S/C20H24N2O3S/c1-13-11-16(12-19(14(13)2)26(24,25)21-3)20(23)22-18-10-6-8-15-7-4-5-9-17(15)18/h4-5,7,9,11-12,18,21H,6,8,10H2,1-3H3,(H,22,23). The summed E-state index contributed by atoms with van der Waals surface area (Å²) < 4.78 is 26.8. The number of amides is 1. The van der Waals surface area contributed by atoms with Crippen LogP contribution in [0.4, 0.5) is 0 Å². The highest BCUT2D eigenvalue weighted by molar-refractivity contribution is 7.89. The Balaban J connectivity index is 1.92. The molecule has 0 saturated carbocycles. The van der Waals surface area contributed by atoms with Crippen LogP contribution in [0.3, 0.4) is 0 Å². The van der Waals surface area contributed by atoms with E-state index < -0.39 is 10.0 Å². The molecule has 5 nitrogen and oxygen atoms in total. The van der Waals surface area contributed by atoms with E-state index in [1.54, 1.807) is 13.0 Å². The molecule has 26 heavy (non-hydrogen) atoms. The Bertz CT molecular complexity index is 952. The lowest BCUT2D eigenvalue weighted by molar-refractivity contribution is 0.0932. The van der Waals surface area contributed by atoms with Gasteiger partial charge in [0.25, 0.3) is 5.91 Å². The van der Waals surface area contributed by atoms with Gasteiger partial charge in [-0.2, -0.15) is 0 Å². The largest absolute Gasteiger partial charge is 0.345 e. The highest BCUT2D eigenvalue weighted by Gasteiger charge is 2.24. The van der Waals surface area contributed by atoms with E-state index in [0.29, 0.717) is 11.1 Å². The van der Waals surface area contributed by atoms with Crippen molar-refractivity contribution in [3.63, 3.8) is 0 Å². The summed E-state index contributed by atoms with van der Waals surface area (Å²) in [4.78, 5) is 13.0. The predicted molar refractivity (Wildman–Crippen MR) is 102 cm³/mol. The van der Waals surface area contributed by atoms with Crippen LogP contribution in [-0.2, 0) is 16.4 Å². The van der Waals surface area contributed by atoms with E-state index in [9.17, 15) is 13.2 Å². The minimum absolute atomic E-state index is 0.0431. The van der Waals surface area contributed by atoms with Gasteiger partial charge in [-0.25, -0.2) is 13.1 Å². The molecule has 3 rings (SSSR count). The number of fused-ring (bicyclic) bond motifs is 1. The van der Waals surface area contributed by atoms with Crippen molar-refractivity contribution >= 4 is 15.9 Å². The summed E-state index contributed by atoms with van der Waals surface area (Å²) in [5.74, 6) is -0.248. The van der Waals surface area contributed by atoms with Crippen LogP contribution in [0.15, 0.2) is 41.3 Å². The fraction of sp³-hybridized carbons (Fsp3) is 0.350. The molecule has 1 unspecified atom stereocenters. The highest BCUT2D eigenvalue weighted by atomic mass is 32.2. The quantitative estimate of drug-likeness (QED) is 0.866. The molecule has 2 aromatic rings. The van der Waals surface area contributed by atoms with E-state index in [1.807, 2.05) is 19.1 Å². The number of nitrogens with one attached hydrogen (secondary N) is 2. The molecule has 0 heterocycles. The molecule has 0 spiro atoms. The summed E-state index contributed by atoms with van der Waals surface area (Å²) >= 11 is 0. The van der Waals surface area contributed by atoms with Crippen LogP contribution in [0.1, 0.15) is 51.5 Å². The fourth-order valence-corrected chi connectivity index (χ4v) is 4.56. The minimum atomic E-state index is -3.62. The first kappa shape index (κ1) is 18.6. The molecule has 0 bridgehead atoms. The topological polar surface area (TPSA) is 75.3 Å². The number of carbonyl (C=O) groups excluding carboxylic acids is 1. The summed E-state index contributed by atoms with van der Waals surface area (Å²) in [7, 11) is -2.25. The zero-order chi connectivity index (χ0) is 18.9. The van der Waals surface area contributed by atoms with Crippen LogP contribution >= 0.6 is 0 Å². The van der Waals surface area contributed by atoms with Gasteiger partial charge < -0.3 is 5.32 Å². The van der Waals surface area contributed by atoms with Crippen LogP contribution in [0.25, 0.3) is 0 Å². The summed E-state index contributed by atoms with van der Waals surface area (Å²) in [5, 5.41) is 3.08. The maximum Gasteiger partial charge on any atom is 0.251 e. The lowest BCUT2D eigenvalue weighted by Crippen LogP contribution is -2.31. The van der Waals surface area contributed by atoms with Gasteiger partial charge in [-0.3, -0.25) is 4.79 Å². The van der Waals surface area contributed by atoms with Crippen LogP contribution in [-0.4, -0.2) is 21.4 Å². The molecule has 138 valence electrons. The molecule has 6 heteroatoms. The van der Waals surface area contributed by atoms with Crippen LogP contribution < -0.4 is 10.0 Å². The van der Waals surface area contributed by atoms with Crippen molar-refractivity contribution in [3.8, 4) is 0 Å². The molecule has 1 atom stereocenters. The Kier molecular flexibility index (Phi) is 5.16. The van der Waals surface area contributed by atoms with Gasteiger partial charge in [0.1, 0.15) is 0 Å². The number of hydrogen-bond acceptors (Lipinski definition) is 3. The first-order valence-corrected chi connectivity index (χ1v) is 10.3. The molecule has 2 N–H and O–H groups in total. The summed E-state index contributed by atoms with van der Waals surface area (Å²) in [6.07, 6.45) is 2.93. The van der Waals surface area contributed by atoms with Gasteiger partial charge >= 0.3 is 0 Å². The lowest BCUT2D eigenvalue weighted by atomic mass is 9.87. The van der Waals surface area contributed by atoms with Crippen LogP contribution in [0.2, 0.25) is 0 Å². The molecule has 0 aliphatic heterocycles. The van der Waals surface area contributed by atoms with Gasteiger partial charge in [-0.1, -0.05) is 24.3 Å². The zero-order valence-corrected chi connectivity index (χ0v) is 16.1. The van der Waals surface area contributed by atoms with E-state index in [-0.39, 0.29) is 16.8 Å². The van der Waals surface area contributed by atoms with Crippen molar-refractivity contribution in [3.05, 3.63) is 64.2 Å². The average molecular weight is 372 g/mol. The van der Waals surface area contributed by atoms with E-state index in [0.717, 1.165) is 30.4 Å². The Hall–Kier alpha value is -2.18. The Labute approximate surface area is 154 Å². The average Bonchev–Trinajstić information content (AvgIpc) is 2.64. The van der Waals surface area contributed by atoms with Crippen molar-refractivity contribution in [2.45, 2.75) is 44.0 Å². The first-order chi connectivity index (χ1) is 12.3. The van der Waals surface area contributed by atoms with E-state index in [1.165, 1.54) is 18.7 Å². The van der Waals surface area contributed by atoms with Gasteiger partial charge in [-0.05, 0) is 74.5 Å². The second-order valence-electron chi connectivity index (χ2n) is 6.74. The fourth-order valence-electron chi connectivity index (χ4n) is 3.49. The van der Waals surface area contributed by atoms with Gasteiger partial charge in [0.05, 0.1) is 10.9 Å². The summed E-state index contributed by atoms with van der Waals surface area (Å²) in [5.41, 5.74) is 4.21. The SMILES string of the molecule is CNS(=O)(=O)c1cc(C(=O)NC2CCCc3ccccc32)cc(C)c1C. The predicted octanol–water partition coefficient (Wildman–Crippen LogP) is 3.02. The van der Waals surface area contributed by atoms with Gasteiger partial charge in [0.15, 0.2) is 0 Å². The second-order valence-corrected chi connectivity index (χ2v) is 8.60. The monoisotopic (exact) mass is 372 g/mol. The minimum Gasteiger partial charge on any atom is -0.345 e. The van der Waals surface area contributed by atoms with Crippen molar-refractivity contribution in [2.24, 2.45) is 0 Å². The second kappa shape index (κ2) is 7.21. The third kappa shape index (κ3) is 3.52. The normalized spacial score (nSPS) is 16.8. The smallest absolute Gasteiger partial charge is 0.251 e. The number of rotatable bonds is 4. The molecule has 2 aromatic carbocycles. The molecule has 0 aromatic heterocycles. The molecule has 0 saturated heterocycles. The van der Waals surface area contributed by atoms with Crippen molar-refractivity contribution < 1.29 is 13.2 Å². The first-order valence-electron chi connectivity index (χ1n) is 8.77. The third-order valence-corrected chi connectivity index (χ3v) is 6.66. The maximum absolute atomic E-state index is 12.8. The summed E-state index contributed by atoms with van der Waals surface area (Å²) in [6, 6.07) is 11.3. The Morgan fingerprint density at radius 3 is 2.62 bits per heavy atom. The highest BCUT2D eigenvalue weighted by Crippen LogP contribution is 2.30. The van der Waals surface area contributed by atoms with E-state index >= 15 is 0 Å². The Morgan fingerprint density at radius 1 is 1.15 bits per heavy atom. The molecular weight excluding hydrogens is 348 g/mol. The molecule has 0 fully saturated rings. The van der Waals surface area contributed by atoms with Gasteiger partial charge in [0.2, 0.25) is 10.0 Å². The third-order valence-electron chi connectivity index (χ3n) is 5.11. The van der Waals surface area contributed by atoms with E-state index in [4.69, 9.17) is 0 Å². The maximum atomic E-state index is 12.8. The van der Waals surface area contributed by atoms with E-state index in [2.05, 4.69) is 22.2 Å². The van der Waals surface area contributed by atoms with Gasteiger partial charge in [-0.15, -0.1) is 0 Å². The number of hydrogen-bond donors (Lipinski definition) is 2. The van der Waals surface area contributed by atoms with Crippen molar-refractivity contribution in [1.82, 2.24) is 10.0 Å². The number of aryl methyl sites for hydroxylation is 2. The number of benzene rings is 2. The molecule has 1 aliphatic rings. The number of sulfonamides is 1. The molecule has 1 aliphatic carbocycles. The van der Waals surface area contributed by atoms with Crippen molar-refractivity contribution in [1.29, 1.82) is 0 Å². The summed E-state index contributed by atoms with van der Waals surface area (Å²) in [6.45, 7) is 3.56. The van der Waals surface area contributed by atoms with Crippen LogP contribution in [0.5, 0.6) is 0 Å². The molecule has 1 amide bonds. The molecular formula is C20H24N2O3S. The Morgan fingerprint density at radius 2 is 1.88 bits per heavy atom. The molecule has 0 radical (unpaired) electrons. The van der Waals surface area contributed by atoms with Crippen molar-refractivity contribution in [2.75, 3.05) is 7.05 Å². The lowest BCUT2D eigenvalue weighted by Gasteiger charge is -2.26. The van der Waals surface area contributed by atoms with Crippen LogP contribution in [0, 0.1) is 13.8 Å². The number of carbonyl (C=O) groups is 1. The van der Waals surface area contributed by atoms with Gasteiger partial charge in [0, 0.05) is 5.56 Å². The zero-order valence-electron chi connectivity index (χ0n) is 15.3.